The van der Waals surface area contributed by atoms with Crippen LogP contribution in [0.15, 0.2) is 29.7 Å². The number of hydrogen-bond acceptors (Lipinski definition) is 3. The molecule has 1 saturated heterocycles. The smallest absolute Gasteiger partial charge is 0.236 e. The number of rotatable bonds is 3. The third-order valence-electron chi connectivity index (χ3n) is 2.79. The van der Waals surface area contributed by atoms with Crippen LogP contribution in [-0.2, 0) is 10.0 Å². The number of aliphatic hydroxyl groups is 1. The largest absolute Gasteiger partial charge is 0.392 e. The Hall–Kier alpha value is -0.880. The lowest BCUT2D eigenvalue weighted by Crippen LogP contribution is -2.27. The van der Waals surface area contributed by atoms with E-state index < -0.39 is 16.1 Å². The average Bonchev–Trinajstić information content (AvgIpc) is 2.76. The number of β-amino-alcohol motifs (C(OH)–C–C–N with tert-alkyl or cyclic N) is 1. The fourth-order valence-electron chi connectivity index (χ4n) is 1.77. The van der Waals surface area contributed by atoms with Gasteiger partial charge in [0.2, 0.25) is 10.0 Å². The van der Waals surface area contributed by atoms with E-state index >= 15 is 0 Å². The van der Waals surface area contributed by atoms with Crippen LogP contribution in [-0.4, -0.2) is 37.0 Å². The van der Waals surface area contributed by atoms with E-state index in [4.69, 9.17) is 11.6 Å². The Morgan fingerprint density at radius 1 is 1.33 bits per heavy atom. The van der Waals surface area contributed by atoms with Gasteiger partial charge in [-0.1, -0.05) is 23.7 Å². The van der Waals surface area contributed by atoms with E-state index in [1.165, 1.54) is 10.4 Å². The summed E-state index contributed by atoms with van der Waals surface area (Å²) in [7, 11) is -3.44. The van der Waals surface area contributed by atoms with Crippen LogP contribution in [0, 0.1) is 0 Å². The Bertz CT molecular complexity index is 539. The van der Waals surface area contributed by atoms with Crippen molar-refractivity contribution in [3.05, 3.63) is 40.3 Å². The highest BCUT2D eigenvalue weighted by atomic mass is 35.5. The first-order valence-electron chi connectivity index (χ1n) is 5.59. The highest BCUT2D eigenvalue weighted by molar-refractivity contribution is 7.92. The second kappa shape index (κ2) is 5.40. The molecule has 0 saturated carbocycles. The van der Waals surface area contributed by atoms with Gasteiger partial charge in [-0.25, -0.2) is 8.42 Å². The summed E-state index contributed by atoms with van der Waals surface area (Å²) in [6.45, 7) is 0.543. The van der Waals surface area contributed by atoms with Gasteiger partial charge in [-0.05, 0) is 30.2 Å². The van der Waals surface area contributed by atoms with Crippen LogP contribution < -0.4 is 0 Å². The third-order valence-corrected chi connectivity index (χ3v) is 4.57. The van der Waals surface area contributed by atoms with Crippen molar-refractivity contribution in [3.8, 4) is 0 Å². The molecule has 1 N–H and O–H groups in total. The van der Waals surface area contributed by atoms with Gasteiger partial charge in [-0.2, -0.15) is 4.31 Å². The Balaban J connectivity index is 2.10. The summed E-state index contributed by atoms with van der Waals surface area (Å²) in [4.78, 5) is 0. The minimum absolute atomic E-state index is 0.174. The molecule has 98 valence electrons. The second-order valence-corrected chi connectivity index (χ2v) is 6.45. The van der Waals surface area contributed by atoms with Crippen molar-refractivity contribution in [2.75, 3.05) is 13.1 Å². The molecule has 0 aliphatic carbocycles. The Labute approximate surface area is 112 Å². The predicted molar refractivity (Wildman–Crippen MR) is 71.6 cm³/mol. The average molecular weight is 288 g/mol. The molecule has 4 nitrogen and oxygen atoms in total. The number of sulfonamides is 1. The summed E-state index contributed by atoms with van der Waals surface area (Å²) in [6, 6.07) is 6.89. The van der Waals surface area contributed by atoms with E-state index in [2.05, 4.69) is 0 Å². The molecule has 1 unspecified atom stereocenters. The fourth-order valence-corrected chi connectivity index (χ4v) is 3.13. The molecule has 2 rings (SSSR count). The molecule has 0 spiro atoms. The lowest BCUT2D eigenvalue weighted by atomic mass is 10.2. The summed E-state index contributed by atoms with van der Waals surface area (Å²) < 4.78 is 25.1. The predicted octanol–water partition coefficient (Wildman–Crippen LogP) is 1.71. The SMILES string of the molecule is O=S(=O)(C=Cc1ccc(Cl)cc1)N1CCC(O)C1. The van der Waals surface area contributed by atoms with Gasteiger partial charge in [0.1, 0.15) is 0 Å². The van der Waals surface area contributed by atoms with E-state index in [-0.39, 0.29) is 6.54 Å². The minimum atomic E-state index is -3.44. The second-order valence-electron chi connectivity index (χ2n) is 4.20. The molecule has 0 bridgehead atoms. The van der Waals surface area contributed by atoms with E-state index in [0.717, 1.165) is 11.0 Å². The molecule has 1 aromatic rings. The third kappa shape index (κ3) is 3.32. The molecule has 18 heavy (non-hydrogen) atoms. The standard InChI is InChI=1S/C12H14ClNO3S/c13-11-3-1-10(2-4-11)6-8-18(16,17)14-7-5-12(15)9-14/h1-4,6,8,12,15H,5,7,9H2. The summed E-state index contributed by atoms with van der Waals surface area (Å²) in [5, 5.41) is 11.1. The molecule has 1 aliphatic heterocycles. The Morgan fingerprint density at radius 2 is 2.00 bits per heavy atom. The molecule has 0 aromatic heterocycles. The van der Waals surface area contributed by atoms with Crippen molar-refractivity contribution in [3.63, 3.8) is 0 Å². The van der Waals surface area contributed by atoms with E-state index in [1.807, 2.05) is 0 Å². The zero-order valence-electron chi connectivity index (χ0n) is 9.66. The van der Waals surface area contributed by atoms with Crippen molar-refractivity contribution in [2.45, 2.75) is 12.5 Å². The van der Waals surface area contributed by atoms with E-state index in [9.17, 15) is 13.5 Å². The summed E-state index contributed by atoms with van der Waals surface area (Å²) >= 11 is 5.74. The van der Waals surface area contributed by atoms with Gasteiger partial charge in [-0.3, -0.25) is 0 Å². The molecule has 6 heteroatoms. The quantitative estimate of drug-likeness (QED) is 0.921. The van der Waals surface area contributed by atoms with Gasteiger partial charge in [0.15, 0.2) is 0 Å². The summed E-state index contributed by atoms with van der Waals surface area (Å²) in [5.41, 5.74) is 0.766. The van der Waals surface area contributed by atoms with Gasteiger partial charge in [-0.15, -0.1) is 0 Å². The molecule has 1 atom stereocenters. The van der Waals surface area contributed by atoms with E-state index in [1.54, 1.807) is 24.3 Å². The van der Waals surface area contributed by atoms with Crippen LogP contribution in [0.25, 0.3) is 6.08 Å². The lowest BCUT2D eigenvalue weighted by molar-refractivity contribution is 0.189. The first-order valence-corrected chi connectivity index (χ1v) is 7.47. The summed E-state index contributed by atoms with van der Waals surface area (Å²) in [6.07, 6.45) is 1.47. The number of nitrogens with zero attached hydrogens (tertiary/aromatic N) is 1. The molecule has 1 heterocycles. The zero-order valence-corrected chi connectivity index (χ0v) is 11.2. The van der Waals surface area contributed by atoms with Gasteiger partial charge in [0, 0.05) is 23.5 Å². The topological polar surface area (TPSA) is 57.6 Å². The monoisotopic (exact) mass is 287 g/mol. The molecular formula is C12H14ClNO3S. The highest BCUT2D eigenvalue weighted by Crippen LogP contribution is 2.16. The van der Waals surface area contributed by atoms with Crippen molar-refractivity contribution in [1.29, 1.82) is 0 Å². The minimum Gasteiger partial charge on any atom is -0.392 e. The van der Waals surface area contributed by atoms with Gasteiger partial charge in [0.05, 0.1) is 6.10 Å². The normalized spacial score (nSPS) is 21.8. The van der Waals surface area contributed by atoms with Crippen molar-refractivity contribution in [1.82, 2.24) is 4.31 Å². The van der Waals surface area contributed by atoms with Crippen molar-refractivity contribution < 1.29 is 13.5 Å². The zero-order chi connectivity index (χ0) is 13.2. The maximum absolute atomic E-state index is 11.9. The first kappa shape index (κ1) is 13.5. The number of aliphatic hydroxyl groups excluding tert-OH is 1. The lowest BCUT2D eigenvalue weighted by Gasteiger charge is -2.11. The molecule has 1 fully saturated rings. The Morgan fingerprint density at radius 3 is 2.56 bits per heavy atom. The summed E-state index contributed by atoms with van der Waals surface area (Å²) in [5.74, 6) is 0. The fraction of sp³-hybridized carbons (Fsp3) is 0.333. The van der Waals surface area contributed by atoms with Crippen LogP contribution in [0.5, 0.6) is 0 Å². The molecule has 0 amide bonds. The highest BCUT2D eigenvalue weighted by Gasteiger charge is 2.28. The van der Waals surface area contributed by atoms with E-state index in [0.29, 0.717) is 18.0 Å². The molecular weight excluding hydrogens is 274 g/mol. The molecule has 1 aliphatic rings. The Kier molecular flexibility index (Phi) is 4.07. The van der Waals surface area contributed by atoms with Crippen LogP contribution in [0.2, 0.25) is 5.02 Å². The molecule has 1 aromatic carbocycles. The van der Waals surface area contributed by atoms with Crippen LogP contribution in [0.4, 0.5) is 0 Å². The van der Waals surface area contributed by atoms with Crippen LogP contribution in [0.1, 0.15) is 12.0 Å². The maximum Gasteiger partial charge on any atom is 0.236 e. The molecule has 0 radical (unpaired) electrons. The van der Waals surface area contributed by atoms with Gasteiger partial charge < -0.3 is 5.11 Å². The number of benzene rings is 1. The number of hydrogen-bond donors (Lipinski definition) is 1. The van der Waals surface area contributed by atoms with Crippen molar-refractivity contribution >= 4 is 27.7 Å². The maximum atomic E-state index is 11.9. The van der Waals surface area contributed by atoms with Gasteiger partial charge >= 0.3 is 0 Å². The number of halogens is 1. The van der Waals surface area contributed by atoms with Crippen molar-refractivity contribution in [2.24, 2.45) is 0 Å². The van der Waals surface area contributed by atoms with Gasteiger partial charge in [0.25, 0.3) is 0 Å². The van der Waals surface area contributed by atoms with Crippen LogP contribution >= 0.6 is 11.6 Å². The van der Waals surface area contributed by atoms with Crippen LogP contribution in [0.3, 0.4) is 0 Å². The first-order chi connectivity index (χ1) is 8.47.